The van der Waals surface area contributed by atoms with Crippen LogP contribution in [0.25, 0.3) is 0 Å². The van der Waals surface area contributed by atoms with Crippen molar-refractivity contribution in [3.63, 3.8) is 0 Å². The minimum Gasteiger partial charge on any atom is -0.360 e. The van der Waals surface area contributed by atoms with Crippen molar-refractivity contribution in [3.05, 3.63) is 51.8 Å². The fourth-order valence-electron chi connectivity index (χ4n) is 2.93. The fraction of sp³-hybridized carbons (Fsp3) is 0.471. The lowest BCUT2D eigenvalue weighted by molar-refractivity contribution is -0.139. The van der Waals surface area contributed by atoms with Gasteiger partial charge in [-0.2, -0.15) is 13.2 Å². The van der Waals surface area contributed by atoms with E-state index in [-0.39, 0.29) is 5.91 Å². The molecular weight excluding hydrogens is 365 g/mol. The number of alkyl halides is 3. The van der Waals surface area contributed by atoms with E-state index in [0.29, 0.717) is 45.0 Å². The Hall–Kier alpha value is -2.62. The topological polar surface area (TPSA) is 71.6 Å². The van der Waals surface area contributed by atoms with E-state index in [0.717, 1.165) is 22.1 Å². The van der Waals surface area contributed by atoms with Crippen LogP contribution in [0.2, 0.25) is 0 Å². The Balaban J connectivity index is 1.57. The third-order valence-electron chi connectivity index (χ3n) is 4.40. The van der Waals surface area contributed by atoms with E-state index in [4.69, 9.17) is 4.52 Å². The highest BCUT2D eigenvalue weighted by atomic mass is 19.4. The average molecular weight is 384 g/mol. The zero-order chi connectivity index (χ0) is 19.6. The van der Waals surface area contributed by atoms with Gasteiger partial charge >= 0.3 is 6.18 Å². The van der Waals surface area contributed by atoms with Crippen LogP contribution >= 0.6 is 0 Å². The summed E-state index contributed by atoms with van der Waals surface area (Å²) >= 11 is 0. The Morgan fingerprint density at radius 2 is 1.93 bits per heavy atom. The molecule has 0 unspecified atom stereocenters. The SMILES string of the molecule is Cc1cc(CN2CCN(C(=O)Cn3cc(C(F)(F)F)ccc3=O)CC2)on1. The van der Waals surface area contributed by atoms with Gasteiger partial charge in [-0.15, -0.1) is 0 Å². The lowest BCUT2D eigenvalue weighted by Gasteiger charge is -2.34. The summed E-state index contributed by atoms with van der Waals surface area (Å²) in [5.41, 5.74) is -0.803. The molecule has 1 amide bonds. The molecule has 0 saturated carbocycles. The van der Waals surface area contributed by atoms with E-state index in [2.05, 4.69) is 10.1 Å². The molecule has 1 aliphatic rings. The molecule has 1 fully saturated rings. The molecule has 2 aromatic heterocycles. The first-order chi connectivity index (χ1) is 12.7. The summed E-state index contributed by atoms with van der Waals surface area (Å²) in [4.78, 5) is 27.8. The van der Waals surface area contributed by atoms with Gasteiger partial charge in [-0.1, -0.05) is 5.16 Å². The molecule has 0 aromatic carbocycles. The first kappa shape index (κ1) is 19.2. The number of halogens is 3. The molecule has 0 bridgehead atoms. The number of amides is 1. The molecule has 1 aliphatic heterocycles. The van der Waals surface area contributed by atoms with Gasteiger partial charge in [0.15, 0.2) is 5.76 Å². The van der Waals surface area contributed by atoms with Crippen molar-refractivity contribution in [3.8, 4) is 0 Å². The van der Waals surface area contributed by atoms with Crippen molar-refractivity contribution in [2.24, 2.45) is 0 Å². The van der Waals surface area contributed by atoms with Crippen LogP contribution in [-0.4, -0.2) is 51.6 Å². The maximum absolute atomic E-state index is 12.8. The average Bonchev–Trinajstić information content (AvgIpc) is 3.01. The van der Waals surface area contributed by atoms with Gasteiger partial charge < -0.3 is 14.0 Å². The van der Waals surface area contributed by atoms with Crippen molar-refractivity contribution in [1.29, 1.82) is 0 Å². The summed E-state index contributed by atoms with van der Waals surface area (Å²) in [7, 11) is 0. The van der Waals surface area contributed by atoms with Crippen LogP contribution in [0.4, 0.5) is 13.2 Å². The molecule has 146 valence electrons. The smallest absolute Gasteiger partial charge is 0.360 e. The predicted octanol–water partition coefficient (Wildman–Crippen LogP) is 1.51. The molecule has 0 atom stereocenters. The van der Waals surface area contributed by atoms with E-state index in [1.54, 1.807) is 4.90 Å². The molecule has 1 saturated heterocycles. The summed E-state index contributed by atoms with van der Waals surface area (Å²) in [6, 6.07) is 3.39. The Kier molecular flexibility index (Phi) is 5.36. The van der Waals surface area contributed by atoms with Gasteiger partial charge in [0.05, 0.1) is 17.8 Å². The Morgan fingerprint density at radius 1 is 1.22 bits per heavy atom. The van der Waals surface area contributed by atoms with Crippen molar-refractivity contribution in [1.82, 2.24) is 19.5 Å². The quantitative estimate of drug-likeness (QED) is 0.799. The van der Waals surface area contributed by atoms with Crippen LogP contribution in [0.1, 0.15) is 17.0 Å². The molecule has 0 spiro atoms. The molecular formula is C17H19F3N4O3. The first-order valence-corrected chi connectivity index (χ1v) is 8.42. The monoisotopic (exact) mass is 384 g/mol. The number of nitrogens with zero attached hydrogens (tertiary/aromatic N) is 4. The highest BCUT2D eigenvalue weighted by molar-refractivity contribution is 5.76. The Morgan fingerprint density at radius 3 is 2.52 bits per heavy atom. The molecule has 0 radical (unpaired) electrons. The molecule has 3 rings (SSSR count). The van der Waals surface area contributed by atoms with Crippen LogP contribution in [-0.2, 0) is 24.1 Å². The standard InChI is InChI=1S/C17H19F3N4O3/c1-12-8-14(27-21-12)10-22-4-6-23(7-5-22)16(26)11-24-9-13(17(18,19)20)2-3-15(24)25/h2-3,8-9H,4-7,10-11H2,1H3. The second-order valence-corrected chi connectivity index (χ2v) is 6.47. The van der Waals surface area contributed by atoms with Crippen LogP contribution in [0, 0.1) is 6.92 Å². The number of rotatable bonds is 4. The summed E-state index contributed by atoms with van der Waals surface area (Å²) in [6.45, 7) is 4.06. The van der Waals surface area contributed by atoms with Gasteiger partial charge in [0, 0.05) is 44.5 Å². The summed E-state index contributed by atoms with van der Waals surface area (Å²) < 4.78 is 44.3. The molecule has 0 aliphatic carbocycles. The van der Waals surface area contributed by atoms with Crippen molar-refractivity contribution < 1.29 is 22.5 Å². The van der Waals surface area contributed by atoms with Gasteiger partial charge in [-0.25, -0.2) is 0 Å². The number of aryl methyl sites for hydroxylation is 1. The largest absolute Gasteiger partial charge is 0.417 e. The summed E-state index contributed by atoms with van der Waals surface area (Å²) in [5.74, 6) is 0.356. The number of aromatic nitrogens is 2. The first-order valence-electron chi connectivity index (χ1n) is 8.42. The summed E-state index contributed by atoms with van der Waals surface area (Å²) in [5, 5.41) is 3.83. The number of carbonyl (C=O) groups is 1. The van der Waals surface area contributed by atoms with Crippen molar-refractivity contribution >= 4 is 5.91 Å². The third-order valence-corrected chi connectivity index (χ3v) is 4.40. The zero-order valence-electron chi connectivity index (χ0n) is 14.7. The van der Waals surface area contributed by atoms with E-state index in [1.807, 2.05) is 13.0 Å². The predicted molar refractivity (Wildman–Crippen MR) is 88.8 cm³/mol. The zero-order valence-corrected chi connectivity index (χ0v) is 14.7. The second kappa shape index (κ2) is 7.55. The van der Waals surface area contributed by atoms with Crippen LogP contribution in [0.15, 0.2) is 33.7 Å². The maximum atomic E-state index is 12.8. The highest BCUT2D eigenvalue weighted by Crippen LogP contribution is 2.28. The normalized spacial score (nSPS) is 15.9. The maximum Gasteiger partial charge on any atom is 0.417 e. The van der Waals surface area contributed by atoms with Gasteiger partial charge in [0.1, 0.15) is 6.54 Å². The van der Waals surface area contributed by atoms with Gasteiger partial charge in [0.25, 0.3) is 5.56 Å². The molecule has 7 nitrogen and oxygen atoms in total. The van der Waals surface area contributed by atoms with E-state index in [1.165, 1.54) is 0 Å². The number of hydrogen-bond acceptors (Lipinski definition) is 5. The molecule has 27 heavy (non-hydrogen) atoms. The number of pyridine rings is 1. The Labute approximate surface area is 153 Å². The van der Waals surface area contributed by atoms with E-state index < -0.39 is 23.8 Å². The molecule has 10 heteroatoms. The molecule has 0 N–H and O–H groups in total. The minimum atomic E-state index is -4.57. The van der Waals surface area contributed by atoms with Crippen LogP contribution in [0.3, 0.4) is 0 Å². The van der Waals surface area contributed by atoms with E-state index in [9.17, 15) is 22.8 Å². The number of hydrogen-bond donors (Lipinski definition) is 0. The van der Waals surface area contributed by atoms with Gasteiger partial charge in [0.2, 0.25) is 5.91 Å². The molecule has 3 heterocycles. The molecule has 2 aromatic rings. The minimum absolute atomic E-state index is 0.383. The van der Waals surface area contributed by atoms with E-state index >= 15 is 0 Å². The van der Waals surface area contributed by atoms with Crippen molar-refractivity contribution in [2.75, 3.05) is 26.2 Å². The van der Waals surface area contributed by atoms with Crippen LogP contribution < -0.4 is 5.56 Å². The number of piperazine rings is 1. The summed E-state index contributed by atoms with van der Waals surface area (Å²) in [6.07, 6.45) is -3.88. The lowest BCUT2D eigenvalue weighted by Crippen LogP contribution is -2.49. The van der Waals surface area contributed by atoms with Gasteiger partial charge in [-0.3, -0.25) is 14.5 Å². The highest BCUT2D eigenvalue weighted by Gasteiger charge is 2.31. The lowest BCUT2D eigenvalue weighted by atomic mass is 10.2. The third kappa shape index (κ3) is 4.76. The second-order valence-electron chi connectivity index (χ2n) is 6.47. The van der Waals surface area contributed by atoms with Crippen molar-refractivity contribution in [2.45, 2.75) is 26.2 Å². The van der Waals surface area contributed by atoms with Crippen LogP contribution in [0.5, 0.6) is 0 Å². The Bertz CT molecular complexity index is 867. The fourth-order valence-corrected chi connectivity index (χ4v) is 2.93. The number of carbonyl (C=O) groups excluding carboxylic acids is 1. The van der Waals surface area contributed by atoms with Gasteiger partial charge in [-0.05, 0) is 13.0 Å².